The van der Waals surface area contributed by atoms with Crippen LogP contribution in [0.3, 0.4) is 0 Å². The van der Waals surface area contributed by atoms with Crippen LogP contribution in [0.4, 0.5) is 0 Å². The van der Waals surface area contributed by atoms with Gasteiger partial charge in [-0.05, 0) is 36.4 Å². The molecule has 0 N–H and O–H groups in total. The Kier molecular flexibility index (Phi) is 5.64. The number of hydrogen-bond donors (Lipinski definition) is 0. The summed E-state index contributed by atoms with van der Waals surface area (Å²) < 4.78 is 2.17. The molecule has 0 radical (unpaired) electrons. The first kappa shape index (κ1) is 20.7. The lowest BCUT2D eigenvalue weighted by molar-refractivity contribution is -0.130. The Hall–Kier alpha value is -3.22. The van der Waals surface area contributed by atoms with E-state index in [0.717, 1.165) is 66.6 Å². The third-order valence-electron chi connectivity index (χ3n) is 5.99. The van der Waals surface area contributed by atoms with Crippen LogP contribution < -0.4 is 0 Å². The normalized spacial score (nSPS) is 14.8. The van der Waals surface area contributed by atoms with Crippen LogP contribution in [-0.4, -0.2) is 56.3 Å². The van der Waals surface area contributed by atoms with Gasteiger partial charge >= 0.3 is 0 Å². The fourth-order valence-corrected chi connectivity index (χ4v) is 4.33. The molecular weight excluding hydrogens is 422 g/mol. The molecular formula is C25H24ClN5O. The van der Waals surface area contributed by atoms with Gasteiger partial charge in [-0.1, -0.05) is 29.8 Å². The Morgan fingerprint density at radius 1 is 0.969 bits per heavy atom. The van der Waals surface area contributed by atoms with Crippen LogP contribution in [0.15, 0.2) is 67.0 Å². The van der Waals surface area contributed by atoms with Crippen molar-refractivity contribution < 1.29 is 4.79 Å². The molecule has 5 rings (SSSR count). The van der Waals surface area contributed by atoms with Crippen LogP contribution in [-0.2, 0) is 11.3 Å². The van der Waals surface area contributed by atoms with E-state index in [0.29, 0.717) is 5.02 Å². The predicted molar refractivity (Wildman–Crippen MR) is 126 cm³/mol. The maximum absolute atomic E-state index is 11.7. The molecule has 0 spiro atoms. The first-order valence-corrected chi connectivity index (χ1v) is 11.1. The quantitative estimate of drug-likeness (QED) is 0.467. The highest BCUT2D eigenvalue weighted by molar-refractivity contribution is 6.30. The number of carbonyl (C=O) groups is 1. The number of hydrogen-bond acceptors (Lipinski definition) is 4. The molecule has 0 bridgehead atoms. The summed E-state index contributed by atoms with van der Waals surface area (Å²) in [5.74, 6) is 0.140. The number of amides is 1. The highest BCUT2D eigenvalue weighted by Gasteiger charge is 2.22. The summed E-state index contributed by atoms with van der Waals surface area (Å²) in [4.78, 5) is 25.5. The van der Waals surface area contributed by atoms with Crippen LogP contribution in [0, 0.1) is 0 Å². The van der Waals surface area contributed by atoms with Crippen LogP contribution >= 0.6 is 11.6 Å². The molecule has 6 nitrogen and oxygen atoms in total. The van der Waals surface area contributed by atoms with E-state index < -0.39 is 0 Å². The SMILES string of the molecule is CC(=O)N1CCN(Cc2c(-c3ccc(Cl)cc3)nc3ccc(-c4ccccn4)cn23)CC1. The fraction of sp³-hybridized carbons (Fsp3) is 0.240. The number of halogens is 1. The minimum absolute atomic E-state index is 0.140. The molecule has 4 heterocycles. The molecule has 1 aromatic carbocycles. The van der Waals surface area contributed by atoms with Crippen LogP contribution in [0.1, 0.15) is 12.6 Å². The molecule has 1 aliphatic rings. The third-order valence-corrected chi connectivity index (χ3v) is 6.24. The van der Waals surface area contributed by atoms with Crippen molar-refractivity contribution in [3.8, 4) is 22.5 Å². The third kappa shape index (κ3) is 4.11. The van der Waals surface area contributed by atoms with Gasteiger partial charge in [0.2, 0.25) is 5.91 Å². The average Bonchev–Trinajstić information content (AvgIpc) is 3.18. The van der Waals surface area contributed by atoms with E-state index in [9.17, 15) is 4.79 Å². The molecule has 4 aromatic rings. The molecule has 1 fully saturated rings. The largest absolute Gasteiger partial charge is 0.340 e. The molecule has 1 aliphatic heterocycles. The van der Waals surface area contributed by atoms with E-state index in [1.165, 1.54) is 0 Å². The van der Waals surface area contributed by atoms with Crippen molar-refractivity contribution in [2.75, 3.05) is 26.2 Å². The van der Waals surface area contributed by atoms with Gasteiger partial charge in [0.15, 0.2) is 0 Å². The van der Waals surface area contributed by atoms with Gasteiger partial charge in [-0.25, -0.2) is 4.98 Å². The highest BCUT2D eigenvalue weighted by Crippen LogP contribution is 2.29. The van der Waals surface area contributed by atoms with Gasteiger partial charge in [0.1, 0.15) is 5.65 Å². The number of rotatable bonds is 4. The van der Waals surface area contributed by atoms with E-state index in [1.807, 2.05) is 59.6 Å². The topological polar surface area (TPSA) is 53.7 Å². The Balaban J connectivity index is 1.56. The Morgan fingerprint density at radius 3 is 2.41 bits per heavy atom. The number of pyridine rings is 2. The summed E-state index contributed by atoms with van der Waals surface area (Å²) in [6.45, 7) is 5.57. The van der Waals surface area contributed by atoms with Crippen LogP contribution in [0.5, 0.6) is 0 Å². The monoisotopic (exact) mass is 445 g/mol. The number of benzene rings is 1. The van der Waals surface area contributed by atoms with Gasteiger partial charge in [0.25, 0.3) is 0 Å². The summed E-state index contributed by atoms with van der Waals surface area (Å²) in [6.07, 6.45) is 3.92. The molecule has 162 valence electrons. The fourth-order valence-electron chi connectivity index (χ4n) is 4.20. The zero-order chi connectivity index (χ0) is 22.1. The number of nitrogens with zero attached hydrogens (tertiary/aromatic N) is 5. The maximum Gasteiger partial charge on any atom is 0.219 e. The van der Waals surface area contributed by atoms with Crippen molar-refractivity contribution in [1.29, 1.82) is 0 Å². The smallest absolute Gasteiger partial charge is 0.219 e. The second-order valence-electron chi connectivity index (χ2n) is 8.06. The van der Waals surface area contributed by atoms with E-state index in [1.54, 1.807) is 6.92 Å². The molecule has 32 heavy (non-hydrogen) atoms. The molecule has 7 heteroatoms. The van der Waals surface area contributed by atoms with Gasteiger partial charge in [-0.3, -0.25) is 14.7 Å². The second kappa shape index (κ2) is 8.73. The zero-order valence-corrected chi connectivity index (χ0v) is 18.7. The zero-order valence-electron chi connectivity index (χ0n) is 17.9. The molecule has 0 atom stereocenters. The Morgan fingerprint density at radius 2 is 1.72 bits per heavy atom. The van der Waals surface area contributed by atoms with Crippen molar-refractivity contribution in [1.82, 2.24) is 24.2 Å². The summed E-state index contributed by atoms with van der Waals surface area (Å²) in [5.41, 5.74) is 5.98. The molecule has 0 aliphatic carbocycles. The first-order chi connectivity index (χ1) is 15.6. The van der Waals surface area contributed by atoms with Crippen molar-refractivity contribution in [3.63, 3.8) is 0 Å². The summed E-state index contributed by atoms with van der Waals surface area (Å²) in [7, 11) is 0. The van der Waals surface area contributed by atoms with Gasteiger partial charge in [-0.15, -0.1) is 0 Å². The first-order valence-electron chi connectivity index (χ1n) is 10.7. The van der Waals surface area contributed by atoms with Crippen molar-refractivity contribution >= 4 is 23.2 Å². The van der Waals surface area contributed by atoms with Crippen LogP contribution in [0.2, 0.25) is 5.02 Å². The highest BCUT2D eigenvalue weighted by atomic mass is 35.5. The average molecular weight is 446 g/mol. The van der Waals surface area contributed by atoms with Crippen molar-refractivity contribution in [3.05, 3.63) is 77.7 Å². The van der Waals surface area contributed by atoms with E-state index in [2.05, 4.69) is 26.5 Å². The Labute approximate surface area is 192 Å². The van der Waals surface area contributed by atoms with E-state index >= 15 is 0 Å². The molecule has 3 aromatic heterocycles. The van der Waals surface area contributed by atoms with Crippen molar-refractivity contribution in [2.24, 2.45) is 0 Å². The van der Waals surface area contributed by atoms with Gasteiger partial charge in [0.05, 0.1) is 17.1 Å². The minimum atomic E-state index is 0.140. The lowest BCUT2D eigenvalue weighted by atomic mass is 10.1. The number of imidazole rings is 1. The molecule has 0 unspecified atom stereocenters. The summed E-state index contributed by atoms with van der Waals surface area (Å²) >= 11 is 6.13. The van der Waals surface area contributed by atoms with Crippen molar-refractivity contribution in [2.45, 2.75) is 13.5 Å². The lowest BCUT2D eigenvalue weighted by Crippen LogP contribution is -2.47. The number of piperazine rings is 1. The second-order valence-corrected chi connectivity index (χ2v) is 8.49. The maximum atomic E-state index is 11.7. The molecule has 1 amide bonds. The molecule has 0 saturated carbocycles. The minimum Gasteiger partial charge on any atom is -0.340 e. The van der Waals surface area contributed by atoms with E-state index in [4.69, 9.17) is 16.6 Å². The van der Waals surface area contributed by atoms with Gasteiger partial charge in [-0.2, -0.15) is 0 Å². The predicted octanol–water partition coefficient (Wildman–Crippen LogP) is 4.38. The number of carbonyl (C=O) groups excluding carboxylic acids is 1. The number of aromatic nitrogens is 3. The van der Waals surface area contributed by atoms with Gasteiger partial charge in [0, 0.05) is 68.2 Å². The summed E-state index contributed by atoms with van der Waals surface area (Å²) in [5, 5.41) is 0.705. The summed E-state index contributed by atoms with van der Waals surface area (Å²) in [6, 6.07) is 17.9. The standard InChI is InChI=1S/C25H24ClN5O/c1-18(32)30-14-12-29(13-15-30)17-23-25(19-5-8-21(26)9-6-19)28-24-10-7-20(16-31(23)24)22-4-2-3-11-27-22/h2-11,16H,12-15,17H2,1H3. The van der Waals surface area contributed by atoms with Crippen LogP contribution in [0.25, 0.3) is 28.2 Å². The van der Waals surface area contributed by atoms with E-state index in [-0.39, 0.29) is 5.91 Å². The van der Waals surface area contributed by atoms with Gasteiger partial charge < -0.3 is 9.30 Å². The molecule has 1 saturated heterocycles. The Bertz CT molecular complexity index is 1240. The number of fused-ring (bicyclic) bond motifs is 1. The lowest BCUT2D eigenvalue weighted by Gasteiger charge is -2.34.